The van der Waals surface area contributed by atoms with Crippen molar-refractivity contribution < 1.29 is 33.3 Å². The minimum Gasteiger partial charge on any atom is -0.463 e. The Morgan fingerprint density at radius 3 is 2.47 bits per heavy atom. The van der Waals surface area contributed by atoms with Gasteiger partial charge < -0.3 is 23.9 Å². The van der Waals surface area contributed by atoms with Crippen LogP contribution < -0.4 is 5.56 Å². The van der Waals surface area contributed by atoms with Gasteiger partial charge in [-0.3, -0.25) is 19.2 Å². The Balaban J connectivity index is 1.63. The monoisotopic (exact) mass is 510 g/mol. The molecule has 1 aliphatic carbocycles. The third-order valence-electron chi connectivity index (χ3n) is 5.60. The number of carbonyl (C=O) groups excluding carboxylic acids is 3. The summed E-state index contributed by atoms with van der Waals surface area (Å²) in [5.74, 6) is -1.72. The van der Waals surface area contributed by atoms with Gasteiger partial charge in [0.05, 0.1) is 5.39 Å². The van der Waals surface area contributed by atoms with Crippen molar-refractivity contribution in [3.63, 3.8) is 0 Å². The molecule has 2 aromatic heterocycles. The molecule has 1 aliphatic heterocycles. The Hall–Kier alpha value is -2.44. The molecule has 0 amide bonds. The first-order valence-corrected chi connectivity index (χ1v) is 12.8. The van der Waals surface area contributed by atoms with Crippen LogP contribution in [0.15, 0.2) is 9.95 Å². The molecule has 184 valence electrons. The number of aromatic nitrogens is 2. The van der Waals surface area contributed by atoms with E-state index in [9.17, 15) is 19.2 Å². The summed E-state index contributed by atoms with van der Waals surface area (Å²) in [5.41, 5.74) is 0.0169. The van der Waals surface area contributed by atoms with Gasteiger partial charge in [0.1, 0.15) is 17.5 Å². The maximum Gasteiger partial charge on any atom is 0.303 e. The number of ether oxygens (including phenoxy) is 4. The molecule has 0 aromatic carbocycles. The minimum absolute atomic E-state index is 0.192. The maximum atomic E-state index is 13.0. The second kappa shape index (κ2) is 10.4. The zero-order chi connectivity index (χ0) is 24.4. The van der Waals surface area contributed by atoms with E-state index < -0.39 is 41.7 Å². The molecular weight excluding hydrogens is 484 g/mol. The molecule has 1 N–H and O–H groups in total. The van der Waals surface area contributed by atoms with Crippen LogP contribution in [-0.2, 0) is 46.2 Å². The summed E-state index contributed by atoms with van der Waals surface area (Å²) in [4.78, 5) is 57.1. The summed E-state index contributed by atoms with van der Waals surface area (Å²) < 4.78 is 21.8. The number of nitrogens with one attached hydrogen (secondary N) is 1. The Kier molecular flexibility index (Phi) is 7.58. The van der Waals surface area contributed by atoms with Crippen molar-refractivity contribution in [2.45, 2.75) is 81.8 Å². The Morgan fingerprint density at radius 1 is 1.06 bits per heavy atom. The molecule has 3 heterocycles. The van der Waals surface area contributed by atoms with Crippen LogP contribution >= 0.6 is 23.1 Å². The lowest BCUT2D eigenvalue weighted by atomic mass is 10.1. The molecule has 2 aromatic rings. The highest BCUT2D eigenvalue weighted by atomic mass is 32.2. The summed E-state index contributed by atoms with van der Waals surface area (Å²) in [5, 5.41) is 0.937. The van der Waals surface area contributed by atoms with Gasteiger partial charge in [-0.25, -0.2) is 4.98 Å². The molecule has 1 saturated heterocycles. The molecule has 2 aliphatic rings. The second-order valence-electron chi connectivity index (χ2n) is 8.23. The standard InChI is InChI=1S/C22H26N2O8S2/c1-10(25)29-9-14-17(30-11(2)26)18(31-12(3)27)21(32-14)34-22-23-19(28)16-13-7-5-4-6-8-15(13)33-20(16)24-22/h14,17-18,21H,4-9H2,1-3H3,(H,23,24,28). The molecule has 4 unspecified atom stereocenters. The molecule has 4 rings (SSSR count). The number of esters is 3. The SMILES string of the molecule is CC(=O)OCC1OC(Sc2nc3sc4c(c3c(=O)[nH]2)CCCCC4)C(OC(C)=O)C1OC(C)=O. The molecule has 12 heteroatoms. The lowest BCUT2D eigenvalue weighted by Gasteiger charge is -2.23. The number of thioether (sulfide) groups is 1. The summed E-state index contributed by atoms with van der Waals surface area (Å²) >= 11 is 2.59. The van der Waals surface area contributed by atoms with E-state index in [0.29, 0.717) is 15.4 Å². The van der Waals surface area contributed by atoms with Gasteiger partial charge in [0.15, 0.2) is 22.8 Å². The first-order chi connectivity index (χ1) is 16.2. The average Bonchev–Trinajstić information content (AvgIpc) is 3.14. The van der Waals surface area contributed by atoms with Gasteiger partial charge in [-0.2, -0.15) is 0 Å². The second-order valence-corrected chi connectivity index (χ2v) is 10.4. The van der Waals surface area contributed by atoms with Crippen LogP contribution in [0.25, 0.3) is 10.2 Å². The van der Waals surface area contributed by atoms with Crippen molar-refractivity contribution in [3.8, 4) is 0 Å². The van der Waals surface area contributed by atoms with Crippen LogP contribution in [0, 0.1) is 0 Å². The van der Waals surface area contributed by atoms with E-state index in [-0.39, 0.29) is 12.2 Å². The van der Waals surface area contributed by atoms with Crippen molar-refractivity contribution in [2.24, 2.45) is 0 Å². The number of aromatic amines is 1. The number of fused-ring (bicyclic) bond motifs is 3. The van der Waals surface area contributed by atoms with Crippen LogP contribution in [0.3, 0.4) is 0 Å². The fourth-order valence-corrected chi connectivity index (χ4v) is 6.64. The summed E-state index contributed by atoms with van der Waals surface area (Å²) in [6.07, 6.45) is 2.27. The number of H-pyrrole nitrogens is 1. The molecule has 0 saturated carbocycles. The van der Waals surface area contributed by atoms with E-state index in [1.165, 1.54) is 37.0 Å². The number of rotatable bonds is 6. The van der Waals surface area contributed by atoms with E-state index in [0.717, 1.165) is 49.4 Å². The minimum atomic E-state index is -0.994. The van der Waals surface area contributed by atoms with Gasteiger partial charge in [0, 0.05) is 25.6 Å². The number of hydrogen-bond donors (Lipinski definition) is 1. The van der Waals surface area contributed by atoms with Gasteiger partial charge in [0.25, 0.3) is 5.56 Å². The van der Waals surface area contributed by atoms with Crippen LogP contribution in [0.4, 0.5) is 0 Å². The van der Waals surface area contributed by atoms with Crippen molar-refractivity contribution >= 4 is 51.2 Å². The first kappa shape index (κ1) is 24.7. The first-order valence-electron chi connectivity index (χ1n) is 11.1. The Labute approximate surface area is 203 Å². The average molecular weight is 511 g/mol. The predicted octanol–water partition coefficient (Wildman–Crippen LogP) is 2.50. The van der Waals surface area contributed by atoms with Gasteiger partial charge in [-0.15, -0.1) is 11.3 Å². The maximum absolute atomic E-state index is 13.0. The van der Waals surface area contributed by atoms with E-state index in [1.54, 1.807) is 0 Å². The molecular formula is C22H26N2O8S2. The highest BCUT2D eigenvalue weighted by Crippen LogP contribution is 2.38. The van der Waals surface area contributed by atoms with E-state index in [4.69, 9.17) is 18.9 Å². The smallest absolute Gasteiger partial charge is 0.303 e. The van der Waals surface area contributed by atoms with E-state index in [2.05, 4.69) is 9.97 Å². The van der Waals surface area contributed by atoms with E-state index in [1.807, 2.05) is 0 Å². The summed E-state index contributed by atoms with van der Waals surface area (Å²) in [6.45, 7) is 3.51. The highest BCUT2D eigenvalue weighted by Gasteiger charge is 2.50. The quantitative estimate of drug-likeness (QED) is 0.267. The summed E-state index contributed by atoms with van der Waals surface area (Å²) in [6, 6.07) is 0. The van der Waals surface area contributed by atoms with E-state index >= 15 is 0 Å². The normalized spacial score (nSPS) is 24.3. The zero-order valence-corrected chi connectivity index (χ0v) is 20.7. The van der Waals surface area contributed by atoms with Crippen LogP contribution in [0.1, 0.15) is 50.5 Å². The van der Waals surface area contributed by atoms with Gasteiger partial charge in [-0.05, 0) is 31.2 Å². The van der Waals surface area contributed by atoms with Crippen LogP contribution in [-0.4, -0.2) is 58.2 Å². The lowest BCUT2D eigenvalue weighted by molar-refractivity contribution is -0.165. The number of nitrogens with zero attached hydrogens (tertiary/aromatic N) is 1. The molecule has 10 nitrogen and oxygen atoms in total. The van der Waals surface area contributed by atoms with Gasteiger partial charge >= 0.3 is 17.9 Å². The lowest BCUT2D eigenvalue weighted by Crippen LogP contribution is -2.40. The van der Waals surface area contributed by atoms with Crippen LogP contribution in [0.5, 0.6) is 0 Å². The zero-order valence-electron chi connectivity index (χ0n) is 19.1. The topological polar surface area (TPSA) is 134 Å². The predicted molar refractivity (Wildman–Crippen MR) is 124 cm³/mol. The molecule has 1 fully saturated rings. The number of carbonyl (C=O) groups is 3. The Morgan fingerprint density at radius 2 is 1.76 bits per heavy atom. The molecule has 0 radical (unpaired) electrons. The largest absolute Gasteiger partial charge is 0.463 e. The molecule has 0 spiro atoms. The van der Waals surface area contributed by atoms with Crippen LogP contribution in [0.2, 0.25) is 0 Å². The van der Waals surface area contributed by atoms with Gasteiger partial charge in [-0.1, -0.05) is 18.2 Å². The number of thiophene rings is 1. The molecule has 0 bridgehead atoms. The summed E-state index contributed by atoms with van der Waals surface area (Å²) in [7, 11) is 0. The van der Waals surface area contributed by atoms with Gasteiger partial charge in [0.2, 0.25) is 0 Å². The Bertz CT molecular complexity index is 1160. The van der Waals surface area contributed by atoms with Crippen molar-refractivity contribution in [1.29, 1.82) is 0 Å². The highest BCUT2D eigenvalue weighted by molar-refractivity contribution is 7.99. The number of hydrogen-bond acceptors (Lipinski definition) is 11. The van der Waals surface area contributed by atoms with Crippen molar-refractivity contribution in [2.75, 3.05) is 6.61 Å². The fraction of sp³-hybridized carbons (Fsp3) is 0.591. The molecule has 4 atom stereocenters. The third kappa shape index (κ3) is 5.44. The fourth-order valence-electron chi connectivity index (χ4n) is 4.26. The van der Waals surface area contributed by atoms with Crippen molar-refractivity contribution in [3.05, 3.63) is 20.8 Å². The molecule has 34 heavy (non-hydrogen) atoms. The van der Waals surface area contributed by atoms with Crippen molar-refractivity contribution in [1.82, 2.24) is 9.97 Å². The number of aryl methyl sites for hydroxylation is 2. The third-order valence-corrected chi connectivity index (χ3v) is 7.82.